The van der Waals surface area contributed by atoms with Crippen LogP contribution in [-0.4, -0.2) is 101 Å². The SMILES string of the molecule is CC(=O)O[C@@H](C[C@@H]1C[C@H](C)C(=O)O1)[C@H](C)[C@H]1CC[C@@H]2[C@@]3(C)CC[C@H](O[C@@H]4O[C@H](CO)[C@@H](O)[C@H](O)[C@H]4O)C(C)(C)C3CC[C@@]2(C)[C@@]12COC(=O)C2. The summed E-state index contributed by atoms with van der Waals surface area (Å²) in [6, 6.07) is 0. The molecule has 1 unspecified atom stereocenters. The van der Waals surface area contributed by atoms with Gasteiger partial charge in [0.25, 0.3) is 0 Å². The third kappa shape index (κ3) is 6.01. The van der Waals surface area contributed by atoms with Crippen molar-refractivity contribution >= 4 is 17.9 Å². The van der Waals surface area contributed by atoms with Gasteiger partial charge in [-0.05, 0) is 84.9 Å². The molecule has 50 heavy (non-hydrogen) atoms. The normalized spacial score (nSPS) is 48.3. The zero-order chi connectivity index (χ0) is 36.6. The van der Waals surface area contributed by atoms with Gasteiger partial charge in [0, 0.05) is 18.8 Å². The molecule has 0 aromatic carbocycles. The van der Waals surface area contributed by atoms with E-state index in [1.807, 2.05) is 6.92 Å². The van der Waals surface area contributed by atoms with Crippen molar-refractivity contribution in [3.8, 4) is 0 Å². The summed E-state index contributed by atoms with van der Waals surface area (Å²) in [5.41, 5.74) is -1.13. The number of esters is 3. The molecule has 3 saturated heterocycles. The first-order valence-corrected chi connectivity index (χ1v) is 18.9. The van der Waals surface area contributed by atoms with E-state index in [0.717, 1.165) is 32.1 Å². The van der Waals surface area contributed by atoms with Crippen molar-refractivity contribution in [1.82, 2.24) is 0 Å². The van der Waals surface area contributed by atoms with Gasteiger partial charge in [-0.25, -0.2) is 0 Å². The summed E-state index contributed by atoms with van der Waals surface area (Å²) >= 11 is 0. The van der Waals surface area contributed by atoms with Crippen LogP contribution in [0.2, 0.25) is 0 Å². The van der Waals surface area contributed by atoms with Crippen LogP contribution in [0.25, 0.3) is 0 Å². The number of cyclic esters (lactones) is 2. The summed E-state index contributed by atoms with van der Waals surface area (Å²) < 4.78 is 29.8. The lowest BCUT2D eigenvalue weighted by atomic mass is 9.34. The van der Waals surface area contributed by atoms with Crippen LogP contribution in [0.4, 0.5) is 0 Å². The van der Waals surface area contributed by atoms with Gasteiger partial charge in [0.2, 0.25) is 0 Å². The first-order chi connectivity index (χ1) is 23.4. The van der Waals surface area contributed by atoms with Crippen LogP contribution in [0.15, 0.2) is 0 Å². The zero-order valence-corrected chi connectivity index (χ0v) is 30.8. The Bertz CT molecular complexity index is 1300. The summed E-state index contributed by atoms with van der Waals surface area (Å²) in [7, 11) is 0. The van der Waals surface area contributed by atoms with Gasteiger partial charge in [-0.3, -0.25) is 14.4 Å². The fraction of sp³-hybridized carbons (Fsp3) is 0.921. The average Bonchev–Trinajstić information content (AvgIpc) is 3.59. The smallest absolute Gasteiger partial charge is 0.309 e. The van der Waals surface area contributed by atoms with Gasteiger partial charge >= 0.3 is 17.9 Å². The maximum Gasteiger partial charge on any atom is 0.309 e. The molecule has 4 N–H and O–H groups in total. The minimum absolute atomic E-state index is 0.0492. The predicted molar refractivity (Wildman–Crippen MR) is 178 cm³/mol. The maximum atomic E-state index is 13.1. The fourth-order valence-corrected chi connectivity index (χ4v) is 12.4. The molecule has 6 aliphatic rings. The van der Waals surface area contributed by atoms with E-state index in [-0.39, 0.29) is 76.0 Å². The van der Waals surface area contributed by atoms with E-state index in [0.29, 0.717) is 32.3 Å². The first-order valence-electron chi connectivity index (χ1n) is 18.9. The van der Waals surface area contributed by atoms with E-state index in [4.69, 9.17) is 23.7 Å². The van der Waals surface area contributed by atoms with Gasteiger partial charge in [-0.15, -0.1) is 0 Å². The summed E-state index contributed by atoms with van der Waals surface area (Å²) in [4.78, 5) is 37.8. The molecule has 1 spiro atoms. The molecular formula is C38H60O12. The number of aliphatic hydroxyl groups is 4. The van der Waals surface area contributed by atoms with Crippen molar-refractivity contribution in [2.24, 2.45) is 51.2 Å². The average molecular weight is 709 g/mol. The minimum Gasteiger partial charge on any atom is -0.465 e. The Labute approximate surface area is 295 Å². The Morgan fingerprint density at radius 2 is 1.70 bits per heavy atom. The van der Waals surface area contributed by atoms with Crippen LogP contribution in [0.5, 0.6) is 0 Å². The number of carbonyl (C=O) groups is 3. The van der Waals surface area contributed by atoms with Gasteiger partial charge in [-0.1, -0.05) is 41.5 Å². The lowest BCUT2D eigenvalue weighted by molar-refractivity contribution is -0.331. The minimum atomic E-state index is -1.50. The molecule has 16 atom stereocenters. The zero-order valence-electron chi connectivity index (χ0n) is 30.8. The first kappa shape index (κ1) is 37.9. The van der Waals surface area contributed by atoms with Gasteiger partial charge in [0.15, 0.2) is 6.29 Å². The molecule has 284 valence electrons. The quantitative estimate of drug-likeness (QED) is 0.165. The topological polar surface area (TPSA) is 178 Å². The van der Waals surface area contributed by atoms with E-state index in [9.17, 15) is 34.8 Å². The molecule has 3 aliphatic carbocycles. The van der Waals surface area contributed by atoms with Crippen molar-refractivity contribution in [2.75, 3.05) is 13.2 Å². The standard InChI is InChI=1S/C38H60O12/c1-19-14-22(48-33(19)45)15-24(47-21(3)40)20(2)23-8-9-27-36(6)12-11-28(50-34-32(44)31(43)30(42)25(17-39)49-34)35(4,5)26(36)10-13-37(27,7)38(23)16-29(41)46-18-38/h19-20,22-28,30-32,34,39,42-44H,8-18H2,1-7H3/t19-,20+,22-,23+,24-,25+,26?,27+,28-,30+,31-,32+,34-,36-,37+,38-/m0/s1. The van der Waals surface area contributed by atoms with E-state index >= 15 is 0 Å². The monoisotopic (exact) mass is 708 g/mol. The predicted octanol–water partition coefficient (Wildman–Crippen LogP) is 3.28. The molecule has 0 aromatic rings. The highest BCUT2D eigenvalue weighted by Crippen LogP contribution is 2.74. The van der Waals surface area contributed by atoms with Crippen LogP contribution >= 0.6 is 0 Å². The second-order valence-corrected chi connectivity index (χ2v) is 17.9. The van der Waals surface area contributed by atoms with Crippen LogP contribution in [0.3, 0.4) is 0 Å². The molecule has 0 amide bonds. The lowest BCUT2D eigenvalue weighted by Gasteiger charge is -2.70. The lowest BCUT2D eigenvalue weighted by Crippen LogP contribution is -2.67. The van der Waals surface area contributed by atoms with E-state index < -0.39 is 48.8 Å². The highest BCUT2D eigenvalue weighted by atomic mass is 16.7. The number of fused-ring (bicyclic) bond motifs is 4. The second-order valence-electron chi connectivity index (χ2n) is 17.9. The number of rotatable bonds is 8. The van der Waals surface area contributed by atoms with Gasteiger partial charge in [0.05, 0.1) is 31.7 Å². The Morgan fingerprint density at radius 3 is 2.30 bits per heavy atom. The largest absolute Gasteiger partial charge is 0.465 e. The fourth-order valence-electron chi connectivity index (χ4n) is 12.4. The summed E-state index contributed by atoms with van der Waals surface area (Å²) in [6.45, 7) is 14.4. The van der Waals surface area contributed by atoms with E-state index in [1.54, 1.807) is 0 Å². The molecule has 6 fully saturated rings. The Balaban J connectivity index is 1.26. The Kier molecular flexibility index (Phi) is 10.3. The number of hydrogen-bond acceptors (Lipinski definition) is 12. The van der Waals surface area contributed by atoms with Crippen molar-refractivity contribution in [3.63, 3.8) is 0 Å². The third-order valence-electron chi connectivity index (χ3n) is 15.0. The van der Waals surface area contributed by atoms with Gasteiger partial charge < -0.3 is 44.1 Å². The second kappa shape index (κ2) is 13.5. The highest BCUT2D eigenvalue weighted by molar-refractivity contribution is 5.74. The van der Waals surface area contributed by atoms with Crippen molar-refractivity contribution in [3.05, 3.63) is 0 Å². The molecule has 3 saturated carbocycles. The van der Waals surface area contributed by atoms with Gasteiger partial charge in [-0.2, -0.15) is 0 Å². The van der Waals surface area contributed by atoms with Crippen LogP contribution in [-0.2, 0) is 38.1 Å². The van der Waals surface area contributed by atoms with Crippen LogP contribution in [0, 0.1) is 51.2 Å². The summed E-state index contributed by atoms with van der Waals surface area (Å²) in [5.74, 6) is -0.478. The van der Waals surface area contributed by atoms with Crippen molar-refractivity contribution in [2.45, 2.75) is 155 Å². The van der Waals surface area contributed by atoms with E-state index in [2.05, 4.69) is 34.6 Å². The molecule has 3 aliphatic heterocycles. The van der Waals surface area contributed by atoms with Crippen molar-refractivity contribution in [1.29, 1.82) is 0 Å². The number of ether oxygens (including phenoxy) is 5. The number of hydrogen-bond donors (Lipinski definition) is 4. The molecular weight excluding hydrogens is 648 g/mol. The number of carbonyl (C=O) groups excluding carboxylic acids is 3. The van der Waals surface area contributed by atoms with Gasteiger partial charge in [0.1, 0.15) is 36.6 Å². The molecule has 0 aromatic heterocycles. The number of aliphatic hydroxyl groups excluding tert-OH is 4. The highest BCUT2D eigenvalue weighted by Gasteiger charge is 2.71. The third-order valence-corrected chi connectivity index (χ3v) is 15.0. The van der Waals surface area contributed by atoms with E-state index in [1.165, 1.54) is 6.92 Å². The Hall–Kier alpha value is -1.83. The summed E-state index contributed by atoms with van der Waals surface area (Å²) in [6.07, 6.45) is -1.22. The van der Waals surface area contributed by atoms with Crippen molar-refractivity contribution < 1.29 is 58.5 Å². The molecule has 0 radical (unpaired) electrons. The maximum absolute atomic E-state index is 13.1. The molecule has 3 heterocycles. The molecule has 0 bridgehead atoms. The summed E-state index contributed by atoms with van der Waals surface area (Å²) in [5, 5.41) is 41.2. The molecule has 12 nitrogen and oxygen atoms in total. The van der Waals surface area contributed by atoms with Crippen LogP contribution < -0.4 is 0 Å². The molecule has 12 heteroatoms. The Morgan fingerprint density at radius 1 is 0.980 bits per heavy atom. The van der Waals surface area contributed by atoms with Crippen LogP contribution in [0.1, 0.15) is 106 Å². The molecule has 6 rings (SSSR count).